The average molecular weight is 430 g/mol. The van der Waals surface area contributed by atoms with E-state index in [9.17, 15) is 12.8 Å². The normalized spacial score (nSPS) is 16.1. The van der Waals surface area contributed by atoms with Crippen LogP contribution in [0.5, 0.6) is 0 Å². The maximum atomic E-state index is 13.4. The topological polar surface area (TPSA) is 76.3 Å². The average Bonchev–Trinajstić information content (AvgIpc) is 3.25. The first-order valence-corrected chi connectivity index (χ1v) is 11.6. The second-order valence-corrected chi connectivity index (χ2v) is 9.48. The van der Waals surface area contributed by atoms with Crippen molar-refractivity contribution in [2.75, 3.05) is 13.1 Å². The maximum Gasteiger partial charge on any atom is 0.258 e. The zero-order valence-electron chi connectivity index (χ0n) is 16.8. The molecule has 8 heteroatoms. The molecule has 3 aromatic rings. The lowest BCUT2D eigenvalue weighted by atomic mass is 9.97. The number of hydrogen-bond acceptors (Lipinski definition) is 5. The summed E-state index contributed by atoms with van der Waals surface area (Å²) in [6, 6.07) is 13.2. The number of piperidine rings is 1. The Morgan fingerprint density at radius 3 is 2.53 bits per heavy atom. The molecule has 0 radical (unpaired) electrons. The summed E-state index contributed by atoms with van der Waals surface area (Å²) < 4.78 is 46.2. The van der Waals surface area contributed by atoms with Gasteiger partial charge >= 0.3 is 0 Å². The van der Waals surface area contributed by atoms with Gasteiger partial charge in [0.2, 0.25) is 10.0 Å². The highest BCUT2D eigenvalue weighted by Crippen LogP contribution is 2.30. The van der Waals surface area contributed by atoms with E-state index in [2.05, 4.69) is 17.1 Å². The number of rotatable bonds is 6. The van der Waals surface area contributed by atoms with E-state index in [4.69, 9.17) is 4.52 Å². The van der Waals surface area contributed by atoms with Crippen molar-refractivity contribution in [3.05, 3.63) is 65.7 Å². The third-order valence-electron chi connectivity index (χ3n) is 5.43. The van der Waals surface area contributed by atoms with E-state index >= 15 is 0 Å². The standard InChI is InChI=1S/C22H24FN3O3S/c1-2-4-16-7-9-20(10-8-16)30(27,28)26-13-11-17(12-14-26)21-24-22(29-25-21)18-5-3-6-19(23)15-18/h3,5-10,15,17H,2,4,11-14H2,1H3. The summed E-state index contributed by atoms with van der Waals surface area (Å²) in [5.74, 6) is 0.449. The third-order valence-corrected chi connectivity index (χ3v) is 7.35. The summed E-state index contributed by atoms with van der Waals surface area (Å²) in [5, 5.41) is 4.04. The summed E-state index contributed by atoms with van der Waals surface area (Å²) in [7, 11) is -3.51. The smallest absolute Gasteiger partial charge is 0.258 e. The predicted octanol–water partition coefficient (Wildman–Crippen LogP) is 4.40. The van der Waals surface area contributed by atoms with Crippen molar-refractivity contribution in [3.8, 4) is 11.5 Å². The van der Waals surface area contributed by atoms with Crippen LogP contribution in [0.15, 0.2) is 57.9 Å². The Hall–Kier alpha value is -2.58. The maximum absolute atomic E-state index is 13.4. The van der Waals surface area contributed by atoms with Crippen LogP contribution in [0, 0.1) is 5.82 Å². The Morgan fingerprint density at radius 2 is 1.87 bits per heavy atom. The van der Waals surface area contributed by atoms with Gasteiger partial charge in [0.1, 0.15) is 5.82 Å². The van der Waals surface area contributed by atoms with Gasteiger partial charge in [0.15, 0.2) is 5.82 Å². The minimum absolute atomic E-state index is 0.00874. The van der Waals surface area contributed by atoms with Crippen molar-refractivity contribution in [1.29, 1.82) is 0 Å². The van der Waals surface area contributed by atoms with Gasteiger partial charge in [-0.05, 0) is 55.2 Å². The fraction of sp³-hybridized carbons (Fsp3) is 0.364. The second-order valence-electron chi connectivity index (χ2n) is 7.54. The first-order valence-electron chi connectivity index (χ1n) is 10.2. The van der Waals surface area contributed by atoms with E-state index in [0.717, 1.165) is 18.4 Å². The molecular formula is C22H24FN3O3S. The van der Waals surface area contributed by atoms with Gasteiger partial charge in [0.25, 0.3) is 5.89 Å². The summed E-state index contributed by atoms with van der Waals surface area (Å²) in [6.45, 7) is 2.89. The van der Waals surface area contributed by atoms with Gasteiger partial charge < -0.3 is 4.52 Å². The molecule has 2 heterocycles. The lowest BCUT2D eigenvalue weighted by Gasteiger charge is -2.29. The molecule has 0 N–H and O–H groups in total. The molecule has 0 bridgehead atoms. The monoisotopic (exact) mass is 429 g/mol. The molecular weight excluding hydrogens is 405 g/mol. The summed E-state index contributed by atoms with van der Waals surface area (Å²) in [4.78, 5) is 4.73. The number of aromatic nitrogens is 2. The zero-order chi connectivity index (χ0) is 21.1. The fourth-order valence-electron chi connectivity index (χ4n) is 3.76. The Kier molecular flexibility index (Phi) is 5.97. The minimum Gasteiger partial charge on any atom is -0.334 e. The Labute approximate surface area is 175 Å². The van der Waals surface area contributed by atoms with Crippen LogP contribution in [0.3, 0.4) is 0 Å². The van der Waals surface area contributed by atoms with Gasteiger partial charge in [-0.25, -0.2) is 12.8 Å². The van der Waals surface area contributed by atoms with Crippen molar-refractivity contribution in [3.63, 3.8) is 0 Å². The van der Waals surface area contributed by atoms with Crippen molar-refractivity contribution in [1.82, 2.24) is 14.4 Å². The van der Waals surface area contributed by atoms with Crippen LogP contribution in [-0.2, 0) is 16.4 Å². The van der Waals surface area contributed by atoms with Gasteiger partial charge in [-0.15, -0.1) is 0 Å². The quantitative estimate of drug-likeness (QED) is 0.581. The molecule has 0 spiro atoms. The number of halogens is 1. The van der Waals surface area contributed by atoms with Crippen LogP contribution in [0.1, 0.15) is 43.5 Å². The first kappa shape index (κ1) is 20.7. The molecule has 0 saturated carbocycles. The lowest BCUT2D eigenvalue weighted by Crippen LogP contribution is -2.38. The Balaban J connectivity index is 1.42. The molecule has 0 amide bonds. The molecule has 2 aromatic carbocycles. The van der Waals surface area contributed by atoms with E-state index in [1.54, 1.807) is 24.3 Å². The molecule has 1 fully saturated rings. The number of aryl methyl sites for hydroxylation is 1. The van der Waals surface area contributed by atoms with E-state index in [-0.39, 0.29) is 17.6 Å². The van der Waals surface area contributed by atoms with Crippen LogP contribution in [0.2, 0.25) is 0 Å². The molecule has 0 atom stereocenters. The molecule has 0 unspecified atom stereocenters. The SMILES string of the molecule is CCCc1ccc(S(=O)(=O)N2CCC(c3noc(-c4cccc(F)c4)n3)CC2)cc1. The van der Waals surface area contributed by atoms with Gasteiger partial charge in [0.05, 0.1) is 4.90 Å². The zero-order valence-corrected chi connectivity index (χ0v) is 17.6. The van der Waals surface area contributed by atoms with Crippen LogP contribution in [0.25, 0.3) is 11.5 Å². The van der Waals surface area contributed by atoms with Crippen LogP contribution >= 0.6 is 0 Å². The third kappa shape index (κ3) is 4.29. The highest BCUT2D eigenvalue weighted by atomic mass is 32.2. The Bertz CT molecular complexity index is 1100. The van der Waals surface area contributed by atoms with Crippen molar-refractivity contribution >= 4 is 10.0 Å². The molecule has 1 saturated heterocycles. The van der Waals surface area contributed by atoms with Crippen molar-refractivity contribution in [2.45, 2.75) is 43.4 Å². The number of nitrogens with zero attached hydrogens (tertiary/aromatic N) is 3. The largest absolute Gasteiger partial charge is 0.334 e. The van der Waals surface area contributed by atoms with E-state index in [1.165, 1.54) is 16.4 Å². The predicted molar refractivity (Wildman–Crippen MR) is 111 cm³/mol. The van der Waals surface area contributed by atoms with Crippen LogP contribution < -0.4 is 0 Å². The molecule has 1 aromatic heterocycles. The van der Waals surface area contributed by atoms with Gasteiger partial charge in [-0.2, -0.15) is 9.29 Å². The number of sulfonamides is 1. The fourth-order valence-corrected chi connectivity index (χ4v) is 5.23. The number of benzene rings is 2. The number of hydrogen-bond donors (Lipinski definition) is 0. The summed E-state index contributed by atoms with van der Waals surface area (Å²) in [6.07, 6.45) is 3.18. The molecule has 1 aliphatic rings. The molecule has 30 heavy (non-hydrogen) atoms. The molecule has 1 aliphatic heterocycles. The first-order chi connectivity index (χ1) is 14.5. The second kappa shape index (κ2) is 8.65. The highest BCUT2D eigenvalue weighted by molar-refractivity contribution is 7.89. The molecule has 0 aliphatic carbocycles. The van der Waals surface area contributed by atoms with Gasteiger partial charge in [-0.3, -0.25) is 0 Å². The van der Waals surface area contributed by atoms with E-state index in [1.807, 2.05) is 12.1 Å². The van der Waals surface area contributed by atoms with Crippen LogP contribution in [0.4, 0.5) is 4.39 Å². The van der Waals surface area contributed by atoms with E-state index in [0.29, 0.717) is 42.2 Å². The van der Waals surface area contributed by atoms with Crippen LogP contribution in [-0.4, -0.2) is 36.0 Å². The summed E-state index contributed by atoms with van der Waals surface area (Å²) >= 11 is 0. The molecule has 158 valence electrons. The van der Waals surface area contributed by atoms with Crippen molar-refractivity contribution < 1.29 is 17.3 Å². The molecule has 4 rings (SSSR count). The lowest BCUT2D eigenvalue weighted by molar-refractivity contribution is 0.307. The molecule has 6 nitrogen and oxygen atoms in total. The van der Waals surface area contributed by atoms with Gasteiger partial charge in [0, 0.05) is 24.6 Å². The highest BCUT2D eigenvalue weighted by Gasteiger charge is 2.31. The van der Waals surface area contributed by atoms with E-state index < -0.39 is 10.0 Å². The van der Waals surface area contributed by atoms with Crippen molar-refractivity contribution in [2.24, 2.45) is 0 Å². The summed E-state index contributed by atoms with van der Waals surface area (Å²) in [5.41, 5.74) is 1.67. The minimum atomic E-state index is -3.51. The Morgan fingerprint density at radius 1 is 1.13 bits per heavy atom. The van der Waals surface area contributed by atoms with Gasteiger partial charge in [-0.1, -0.05) is 36.7 Å².